The number of halogens is 3. The first-order valence-electron chi connectivity index (χ1n) is 10.6. The van der Waals surface area contributed by atoms with E-state index in [0.717, 1.165) is 37.7 Å². The quantitative estimate of drug-likeness (QED) is 0.428. The molecule has 178 valence electrons. The molecule has 1 fully saturated rings. The molecule has 0 radical (unpaired) electrons. The molecule has 33 heavy (non-hydrogen) atoms. The van der Waals surface area contributed by atoms with Crippen LogP contribution in [0.5, 0.6) is 0 Å². The van der Waals surface area contributed by atoms with E-state index in [1.54, 1.807) is 12.1 Å². The summed E-state index contributed by atoms with van der Waals surface area (Å²) in [5.74, 6) is -2.31. The molecule has 2 aliphatic rings. The summed E-state index contributed by atoms with van der Waals surface area (Å²) in [6.45, 7) is 2.34. The maximum atomic E-state index is 12.8. The first-order valence-corrected chi connectivity index (χ1v) is 12.0. The van der Waals surface area contributed by atoms with Gasteiger partial charge in [0.25, 0.3) is 11.8 Å². The van der Waals surface area contributed by atoms with Crippen molar-refractivity contribution in [2.24, 2.45) is 5.92 Å². The van der Waals surface area contributed by atoms with Crippen molar-refractivity contribution in [3.8, 4) is 0 Å². The molecule has 0 spiro atoms. The molecule has 1 aliphatic heterocycles. The molecule has 11 heteroatoms. The van der Waals surface area contributed by atoms with Gasteiger partial charge in [0.2, 0.25) is 0 Å². The molecule has 4 rings (SSSR count). The van der Waals surface area contributed by atoms with Gasteiger partial charge < -0.3 is 4.74 Å². The average Bonchev–Trinajstić information content (AvgIpc) is 2.78. The van der Waals surface area contributed by atoms with Crippen molar-refractivity contribution in [1.29, 1.82) is 0 Å². The summed E-state index contributed by atoms with van der Waals surface area (Å²) < 4.78 is 71.2. The molecule has 2 aromatic carbocycles. The largest absolute Gasteiger partial charge is 0.525 e. The summed E-state index contributed by atoms with van der Waals surface area (Å²) in [5.41, 5.74) is -5.27. The molecular formula is C22H22F3NO6S. The summed E-state index contributed by atoms with van der Waals surface area (Å²) in [6, 6.07) is 7.59. The summed E-state index contributed by atoms with van der Waals surface area (Å²) in [6.07, 6.45) is 4.98. The number of imide groups is 1. The van der Waals surface area contributed by atoms with Crippen molar-refractivity contribution >= 4 is 32.7 Å². The fourth-order valence-electron chi connectivity index (χ4n) is 4.65. The number of carbonyl (C=O) groups excluding carboxylic acids is 2. The van der Waals surface area contributed by atoms with E-state index in [1.807, 2.05) is 6.92 Å². The van der Waals surface area contributed by atoms with Crippen LogP contribution in [0.1, 0.15) is 71.4 Å². The van der Waals surface area contributed by atoms with Crippen molar-refractivity contribution in [2.75, 3.05) is 6.61 Å². The molecule has 0 N–H and O–H groups in total. The smallest absolute Gasteiger partial charge is 0.374 e. The number of hydrogen-bond acceptors (Lipinski definition) is 6. The Hall–Kier alpha value is -2.50. The molecule has 0 bridgehead atoms. The van der Waals surface area contributed by atoms with Crippen LogP contribution >= 0.6 is 0 Å². The Morgan fingerprint density at radius 3 is 2.27 bits per heavy atom. The maximum Gasteiger partial charge on any atom is 0.525 e. The van der Waals surface area contributed by atoms with Crippen LogP contribution < -0.4 is 0 Å². The first kappa shape index (κ1) is 23.7. The number of hydroxylamine groups is 2. The van der Waals surface area contributed by atoms with Crippen LogP contribution in [0.4, 0.5) is 13.2 Å². The highest BCUT2D eigenvalue weighted by Crippen LogP contribution is 2.42. The summed E-state index contributed by atoms with van der Waals surface area (Å²) in [4.78, 5) is 25.7. The average molecular weight is 485 g/mol. The molecule has 1 saturated carbocycles. The number of alkyl halides is 3. The van der Waals surface area contributed by atoms with Crippen LogP contribution in [0.3, 0.4) is 0 Å². The highest BCUT2D eigenvalue weighted by Gasteiger charge is 2.51. The molecule has 1 heterocycles. The van der Waals surface area contributed by atoms with E-state index in [9.17, 15) is 31.2 Å². The molecule has 0 aromatic heterocycles. The van der Waals surface area contributed by atoms with Crippen LogP contribution in [0, 0.1) is 5.92 Å². The van der Waals surface area contributed by atoms with Crippen molar-refractivity contribution in [3.63, 3.8) is 0 Å². The van der Waals surface area contributed by atoms with E-state index in [-0.39, 0.29) is 33.6 Å². The van der Waals surface area contributed by atoms with Gasteiger partial charge in [-0.05, 0) is 48.8 Å². The molecule has 1 unspecified atom stereocenters. The zero-order chi connectivity index (χ0) is 24.0. The van der Waals surface area contributed by atoms with Crippen LogP contribution in [-0.2, 0) is 19.1 Å². The van der Waals surface area contributed by atoms with E-state index in [2.05, 4.69) is 4.28 Å². The Balaban J connectivity index is 1.81. The van der Waals surface area contributed by atoms with Crippen molar-refractivity contribution < 1.29 is 40.2 Å². The van der Waals surface area contributed by atoms with Crippen LogP contribution in [0.15, 0.2) is 30.3 Å². The lowest BCUT2D eigenvalue weighted by Gasteiger charge is -2.32. The molecule has 0 saturated heterocycles. The Kier molecular flexibility index (Phi) is 6.23. The minimum atomic E-state index is -6.21. The normalized spacial score (nSPS) is 18.7. The number of carbonyl (C=O) groups is 2. The third-order valence-electron chi connectivity index (χ3n) is 6.09. The Labute approximate surface area is 188 Å². The zero-order valence-corrected chi connectivity index (χ0v) is 18.5. The van der Waals surface area contributed by atoms with Gasteiger partial charge in [0.1, 0.15) is 0 Å². The predicted molar refractivity (Wildman–Crippen MR) is 111 cm³/mol. The number of nitrogens with zero attached hydrogens (tertiary/aromatic N) is 1. The maximum absolute atomic E-state index is 12.8. The van der Waals surface area contributed by atoms with Gasteiger partial charge in [-0.25, -0.2) is 0 Å². The number of hydrogen-bond donors (Lipinski definition) is 0. The van der Waals surface area contributed by atoms with Gasteiger partial charge in [-0.3, -0.25) is 9.59 Å². The second-order valence-corrected chi connectivity index (χ2v) is 9.60. The third kappa shape index (κ3) is 4.13. The topological polar surface area (TPSA) is 90.0 Å². The van der Waals surface area contributed by atoms with Gasteiger partial charge in [0.05, 0.1) is 17.2 Å². The summed E-state index contributed by atoms with van der Waals surface area (Å²) in [7, 11) is -6.21. The van der Waals surface area contributed by atoms with Crippen LogP contribution in [0.25, 0.3) is 10.8 Å². The number of ether oxygens (including phenoxy) is 1. The van der Waals surface area contributed by atoms with Gasteiger partial charge in [-0.1, -0.05) is 37.5 Å². The standard InChI is InChI=1S/C22H22F3NO6S/c1-2-31-19(13-7-4-3-5-8-13)15-11-12-17-18-14(15)9-6-10-16(18)20(27)26(21(17)28)32-33(29,30)22(23,24)25/h6,9-13,19H,2-5,7-8H2,1H3. The van der Waals surface area contributed by atoms with E-state index >= 15 is 0 Å². The molecule has 1 aliphatic carbocycles. The Bertz CT molecular complexity index is 1180. The van der Waals surface area contributed by atoms with Crippen molar-refractivity contribution in [2.45, 2.75) is 50.6 Å². The minimum absolute atomic E-state index is 0.125. The molecule has 2 amide bonds. The molecular weight excluding hydrogens is 463 g/mol. The lowest BCUT2D eigenvalue weighted by atomic mass is 9.80. The lowest BCUT2D eigenvalue weighted by molar-refractivity contribution is -0.0761. The van der Waals surface area contributed by atoms with Crippen molar-refractivity contribution in [1.82, 2.24) is 5.06 Å². The molecule has 1 atom stereocenters. The third-order valence-corrected chi connectivity index (χ3v) is 7.00. The highest BCUT2D eigenvalue weighted by atomic mass is 32.2. The lowest BCUT2D eigenvalue weighted by Crippen LogP contribution is -2.44. The minimum Gasteiger partial charge on any atom is -0.374 e. The number of benzene rings is 2. The van der Waals surface area contributed by atoms with Gasteiger partial charge in [0, 0.05) is 12.0 Å². The second-order valence-electron chi connectivity index (χ2n) is 8.08. The summed E-state index contributed by atoms with van der Waals surface area (Å²) >= 11 is 0. The Morgan fingerprint density at radius 2 is 1.67 bits per heavy atom. The van der Waals surface area contributed by atoms with Gasteiger partial charge in [-0.2, -0.15) is 21.6 Å². The van der Waals surface area contributed by atoms with Crippen molar-refractivity contribution in [3.05, 3.63) is 47.0 Å². The van der Waals surface area contributed by atoms with Gasteiger partial charge in [0.15, 0.2) is 0 Å². The zero-order valence-electron chi connectivity index (χ0n) is 17.7. The van der Waals surface area contributed by atoms with Crippen LogP contribution in [-0.4, -0.2) is 37.4 Å². The highest BCUT2D eigenvalue weighted by molar-refractivity contribution is 7.87. The molecule has 2 aromatic rings. The van der Waals surface area contributed by atoms with Gasteiger partial charge >= 0.3 is 15.6 Å². The first-order chi connectivity index (χ1) is 15.6. The van der Waals surface area contributed by atoms with E-state index in [4.69, 9.17) is 4.74 Å². The fourth-order valence-corrected chi connectivity index (χ4v) is 5.07. The SMILES string of the molecule is CCOC(c1ccc2c3c(cccc13)C(=O)N(OS(=O)(=O)C(F)(F)F)C2=O)C1CCCCC1. The summed E-state index contributed by atoms with van der Waals surface area (Å²) in [5, 5.41) is 0.463. The van der Waals surface area contributed by atoms with E-state index in [1.165, 1.54) is 18.2 Å². The van der Waals surface area contributed by atoms with Crippen LogP contribution in [0.2, 0.25) is 0 Å². The number of rotatable bonds is 6. The fraction of sp³-hybridized carbons (Fsp3) is 0.455. The van der Waals surface area contributed by atoms with E-state index in [0.29, 0.717) is 12.0 Å². The molecule has 7 nitrogen and oxygen atoms in total. The predicted octanol–water partition coefficient (Wildman–Crippen LogP) is 4.87. The van der Waals surface area contributed by atoms with E-state index < -0.39 is 27.4 Å². The number of amides is 2. The van der Waals surface area contributed by atoms with Gasteiger partial charge in [-0.15, -0.1) is 9.35 Å². The second kappa shape index (κ2) is 8.69. The monoisotopic (exact) mass is 485 g/mol. The Morgan fingerprint density at radius 1 is 1.03 bits per heavy atom.